The van der Waals surface area contributed by atoms with Crippen molar-refractivity contribution in [2.75, 3.05) is 0 Å². The number of carbonyl (C=O) groups is 2. The van der Waals surface area contributed by atoms with E-state index in [9.17, 15) is 9.59 Å². The first-order chi connectivity index (χ1) is 10.2. The number of rotatable bonds is 4. The van der Waals surface area contributed by atoms with Crippen LogP contribution in [0.15, 0.2) is 30.5 Å². The Kier molecular flexibility index (Phi) is 4.04. The maximum atomic E-state index is 11.9. The fourth-order valence-corrected chi connectivity index (χ4v) is 2.87. The van der Waals surface area contributed by atoms with Gasteiger partial charge in [-0.2, -0.15) is 0 Å². The van der Waals surface area contributed by atoms with Gasteiger partial charge in [0.2, 0.25) is 0 Å². The highest BCUT2D eigenvalue weighted by Gasteiger charge is 2.25. The van der Waals surface area contributed by atoms with E-state index in [1.807, 2.05) is 30.5 Å². The number of nitrogens with one attached hydrogen (secondary N) is 1. The van der Waals surface area contributed by atoms with Gasteiger partial charge < -0.3 is 9.72 Å². The predicted molar refractivity (Wildman–Crippen MR) is 80.0 cm³/mol. The van der Waals surface area contributed by atoms with E-state index in [0.29, 0.717) is 25.7 Å². The SMILES string of the molecule is O=C(CCc1c[nH]c2ccccc12)O[C@H]1CCCCC1=O. The number of carbonyl (C=O) groups excluding carboxylic acids is 2. The monoisotopic (exact) mass is 285 g/mol. The molecule has 1 atom stereocenters. The Morgan fingerprint density at radius 1 is 1.29 bits per heavy atom. The van der Waals surface area contributed by atoms with E-state index < -0.39 is 6.10 Å². The average molecular weight is 285 g/mol. The minimum atomic E-state index is -0.505. The molecule has 0 saturated heterocycles. The van der Waals surface area contributed by atoms with Crippen LogP contribution in [0.1, 0.15) is 37.7 Å². The van der Waals surface area contributed by atoms with Crippen LogP contribution in [0.5, 0.6) is 0 Å². The molecule has 4 heteroatoms. The van der Waals surface area contributed by atoms with Crippen LogP contribution < -0.4 is 0 Å². The minimum absolute atomic E-state index is 0.0710. The van der Waals surface area contributed by atoms with E-state index in [4.69, 9.17) is 4.74 Å². The van der Waals surface area contributed by atoms with Gasteiger partial charge in [-0.15, -0.1) is 0 Å². The zero-order valence-electron chi connectivity index (χ0n) is 11.9. The van der Waals surface area contributed by atoms with Gasteiger partial charge >= 0.3 is 5.97 Å². The van der Waals surface area contributed by atoms with Gasteiger partial charge in [-0.3, -0.25) is 9.59 Å². The maximum absolute atomic E-state index is 11.9. The van der Waals surface area contributed by atoms with E-state index in [1.54, 1.807) is 0 Å². The van der Waals surface area contributed by atoms with Crippen LogP contribution in [0.2, 0.25) is 0 Å². The molecule has 110 valence electrons. The van der Waals surface area contributed by atoms with Gasteiger partial charge in [-0.05, 0) is 37.3 Å². The van der Waals surface area contributed by atoms with E-state index >= 15 is 0 Å². The summed E-state index contributed by atoms with van der Waals surface area (Å²) in [5, 5.41) is 1.14. The highest BCUT2D eigenvalue weighted by atomic mass is 16.5. The van der Waals surface area contributed by atoms with Crippen LogP contribution >= 0.6 is 0 Å². The molecule has 0 spiro atoms. The molecular weight excluding hydrogens is 266 g/mol. The second kappa shape index (κ2) is 6.12. The van der Waals surface area contributed by atoms with E-state index in [2.05, 4.69) is 4.98 Å². The molecule has 1 aromatic carbocycles. The molecule has 1 heterocycles. The van der Waals surface area contributed by atoms with Crippen molar-refractivity contribution in [3.63, 3.8) is 0 Å². The first kappa shape index (κ1) is 13.9. The lowest BCUT2D eigenvalue weighted by atomic mass is 9.96. The lowest BCUT2D eigenvalue weighted by Gasteiger charge is -2.20. The first-order valence-corrected chi connectivity index (χ1v) is 7.51. The molecule has 1 aliphatic carbocycles. The quantitative estimate of drug-likeness (QED) is 0.878. The molecule has 1 aromatic heterocycles. The van der Waals surface area contributed by atoms with Crippen molar-refractivity contribution in [1.29, 1.82) is 0 Å². The smallest absolute Gasteiger partial charge is 0.306 e. The highest BCUT2D eigenvalue weighted by molar-refractivity contribution is 5.86. The Hall–Kier alpha value is -2.10. The number of hydrogen-bond acceptors (Lipinski definition) is 3. The number of benzene rings is 1. The molecule has 21 heavy (non-hydrogen) atoms. The number of aromatic nitrogens is 1. The summed E-state index contributed by atoms with van der Waals surface area (Å²) in [6.45, 7) is 0. The summed E-state index contributed by atoms with van der Waals surface area (Å²) >= 11 is 0. The van der Waals surface area contributed by atoms with Crippen LogP contribution in [-0.2, 0) is 20.7 Å². The molecule has 0 radical (unpaired) electrons. The van der Waals surface area contributed by atoms with Gasteiger partial charge in [-0.1, -0.05) is 18.2 Å². The van der Waals surface area contributed by atoms with E-state index in [1.165, 1.54) is 0 Å². The molecule has 0 bridgehead atoms. The number of H-pyrrole nitrogens is 1. The zero-order valence-corrected chi connectivity index (χ0v) is 11.9. The van der Waals surface area contributed by atoms with Crippen molar-refractivity contribution in [3.05, 3.63) is 36.0 Å². The topological polar surface area (TPSA) is 59.2 Å². The largest absolute Gasteiger partial charge is 0.454 e. The third-order valence-electron chi connectivity index (χ3n) is 4.05. The van der Waals surface area contributed by atoms with Crippen molar-refractivity contribution in [2.24, 2.45) is 0 Å². The summed E-state index contributed by atoms with van der Waals surface area (Å²) in [5.74, 6) is -0.206. The van der Waals surface area contributed by atoms with Crippen molar-refractivity contribution in [2.45, 2.75) is 44.6 Å². The molecule has 0 aliphatic heterocycles. The molecule has 3 rings (SSSR count). The third kappa shape index (κ3) is 3.15. The zero-order chi connectivity index (χ0) is 14.7. The minimum Gasteiger partial charge on any atom is -0.454 e. The molecule has 1 N–H and O–H groups in total. The Morgan fingerprint density at radius 3 is 3.00 bits per heavy atom. The van der Waals surface area contributed by atoms with Crippen LogP contribution in [-0.4, -0.2) is 22.8 Å². The Bertz CT molecular complexity index is 659. The van der Waals surface area contributed by atoms with Gasteiger partial charge in [-0.25, -0.2) is 0 Å². The second-order valence-electron chi connectivity index (χ2n) is 5.55. The van der Waals surface area contributed by atoms with Gasteiger partial charge in [0.15, 0.2) is 11.9 Å². The Labute approximate surface area is 123 Å². The third-order valence-corrected chi connectivity index (χ3v) is 4.05. The highest BCUT2D eigenvalue weighted by Crippen LogP contribution is 2.21. The Balaban J connectivity index is 1.57. The van der Waals surface area contributed by atoms with Gasteiger partial charge in [0.1, 0.15) is 0 Å². The number of fused-ring (bicyclic) bond motifs is 1. The summed E-state index contributed by atoms with van der Waals surface area (Å²) < 4.78 is 5.32. The molecule has 4 nitrogen and oxygen atoms in total. The molecule has 0 unspecified atom stereocenters. The maximum Gasteiger partial charge on any atom is 0.306 e. The molecular formula is C17H19NO3. The van der Waals surface area contributed by atoms with Crippen molar-refractivity contribution < 1.29 is 14.3 Å². The lowest BCUT2D eigenvalue weighted by Crippen LogP contribution is -2.30. The summed E-state index contributed by atoms with van der Waals surface area (Å²) in [6, 6.07) is 8.01. The predicted octanol–water partition coefficient (Wildman–Crippen LogP) is 3.16. The number of para-hydroxylation sites is 1. The number of aryl methyl sites for hydroxylation is 1. The number of ether oxygens (including phenoxy) is 1. The summed E-state index contributed by atoms with van der Waals surface area (Å²) in [6.07, 6.45) is 5.47. The molecule has 1 saturated carbocycles. The van der Waals surface area contributed by atoms with Gasteiger partial charge in [0.05, 0.1) is 0 Å². The normalized spacial score (nSPS) is 18.9. The number of aromatic amines is 1. The molecule has 0 amide bonds. The van der Waals surface area contributed by atoms with Crippen LogP contribution in [0.25, 0.3) is 10.9 Å². The van der Waals surface area contributed by atoms with Gasteiger partial charge in [0, 0.05) is 29.9 Å². The van der Waals surface area contributed by atoms with Crippen molar-refractivity contribution in [3.8, 4) is 0 Å². The first-order valence-electron chi connectivity index (χ1n) is 7.51. The van der Waals surface area contributed by atoms with Crippen molar-refractivity contribution in [1.82, 2.24) is 4.98 Å². The summed E-state index contributed by atoms with van der Waals surface area (Å²) in [7, 11) is 0. The number of esters is 1. The fourth-order valence-electron chi connectivity index (χ4n) is 2.87. The lowest BCUT2D eigenvalue weighted by molar-refractivity contribution is -0.156. The fraction of sp³-hybridized carbons (Fsp3) is 0.412. The number of hydrogen-bond donors (Lipinski definition) is 1. The van der Waals surface area contributed by atoms with E-state index in [-0.39, 0.29) is 11.8 Å². The van der Waals surface area contributed by atoms with Crippen LogP contribution in [0.3, 0.4) is 0 Å². The second-order valence-corrected chi connectivity index (χ2v) is 5.55. The van der Waals surface area contributed by atoms with Gasteiger partial charge in [0.25, 0.3) is 0 Å². The Morgan fingerprint density at radius 2 is 2.14 bits per heavy atom. The summed E-state index contributed by atoms with van der Waals surface area (Å²) in [4.78, 5) is 26.8. The van der Waals surface area contributed by atoms with Crippen molar-refractivity contribution >= 4 is 22.7 Å². The van der Waals surface area contributed by atoms with Crippen LogP contribution in [0, 0.1) is 0 Å². The molecule has 1 aliphatic rings. The molecule has 1 fully saturated rings. The number of ketones is 1. The number of Topliss-reactive ketones (excluding diaryl/α,β-unsaturated/α-hetero) is 1. The average Bonchev–Trinajstić information content (AvgIpc) is 2.91. The van der Waals surface area contributed by atoms with Crippen LogP contribution in [0.4, 0.5) is 0 Å². The standard InChI is InChI=1S/C17H19NO3/c19-15-7-3-4-8-16(15)21-17(20)10-9-12-11-18-14-6-2-1-5-13(12)14/h1-2,5-6,11,16,18H,3-4,7-10H2/t16-/m0/s1. The molecule has 2 aromatic rings. The van der Waals surface area contributed by atoms with E-state index in [0.717, 1.165) is 29.3 Å². The summed E-state index contributed by atoms with van der Waals surface area (Å²) in [5.41, 5.74) is 2.18.